The van der Waals surface area contributed by atoms with Gasteiger partial charge in [0, 0.05) is 18.7 Å². The molecule has 0 saturated carbocycles. The van der Waals surface area contributed by atoms with Crippen LogP contribution in [0.3, 0.4) is 0 Å². The second-order valence-electron chi connectivity index (χ2n) is 4.02. The Balaban J connectivity index is 2.53. The summed E-state index contributed by atoms with van der Waals surface area (Å²) in [6.45, 7) is 1.65. The zero-order valence-electron chi connectivity index (χ0n) is 10.7. The molecule has 0 aliphatic heterocycles. The highest BCUT2D eigenvalue weighted by molar-refractivity contribution is 5.94. The van der Waals surface area contributed by atoms with Crippen molar-refractivity contribution in [2.45, 2.75) is 13.0 Å². The molecule has 0 spiro atoms. The SMILES string of the molecule is CNC(=O)NC(=O)C[NH2+][C@@H](C)c1ccc(F)cc1F. The van der Waals surface area contributed by atoms with E-state index in [1.54, 1.807) is 12.2 Å². The summed E-state index contributed by atoms with van der Waals surface area (Å²) >= 11 is 0. The molecule has 19 heavy (non-hydrogen) atoms. The van der Waals surface area contributed by atoms with Crippen LogP contribution in [-0.4, -0.2) is 25.5 Å². The molecule has 0 unspecified atom stereocenters. The summed E-state index contributed by atoms with van der Waals surface area (Å²) in [6.07, 6.45) is 0. The van der Waals surface area contributed by atoms with Crippen molar-refractivity contribution in [3.05, 3.63) is 35.4 Å². The smallest absolute Gasteiger partial charge is 0.321 e. The van der Waals surface area contributed by atoms with Crippen LogP contribution in [-0.2, 0) is 4.79 Å². The van der Waals surface area contributed by atoms with Crippen molar-refractivity contribution < 1.29 is 23.7 Å². The first-order valence-electron chi connectivity index (χ1n) is 5.74. The van der Waals surface area contributed by atoms with E-state index in [0.29, 0.717) is 5.56 Å². The third-order valence-electron chi connectivity index (χ3n) is 2.59. The molecule has 1 aromatic carbocycles. The number of benzene rings is 1. The summed E-state index contributed by atoms with van der Waals surface area (Å²) in [5.74, 6) is -1.80. The molecule has 7 heteroatoms. The standard InChI is InChI=1S/C12H15F2N3O2/c1-7(9-4-3-8(13)5-10(9)14)16-6-11(18)17-12(19)15-2/h3-5,7,16H,6H2,1-2H3,(H2,15,17,18,19)/p+1/t7-/m0/s1. The van der Waals surface area contributed by atoms with Crippen LogP contribution < -0.4 is 16.0 Å². The van der Waals surface area contributed by atoms with Gasteiger partial charge in [-0.15, -0.1) is 0 Å². The molecule has 1 rings (SSSR count). The first-order valence-corrected chi connectivity index (χ1v) is 5.74. The van der Waals surface area contributed by atoms with Crippen LogP contribution in [0.25, 0.3) is 0 Å². The molecule has 104 valence electrons. The highest BCUT2D eigenvalue weighted by atomic mass is 19.1. The van der Waals surface area contributed by atoms with E-state index in [-0.39, 0.29) is 12.6 Å². The van der Waals surface area contributed by atoms with Gasteiger partial charge in [-0.25, -0.2) is 13.6 Å². The third kappa shape index (κ3) is 4.63. The molecule has 4 N–H and O–H groups in total. The van der Waals surface area contributed by atoms with Crippen LogP contribution in [0.4, 0.5) is 13.6 Å². The highest BCUT2D eigenvalue weighted by Gasteiger charge is 2.16. The Morgan fingerprint density at radius 1 is 1.37 bits per heavy atom. The zero-order chi connectivity index (χ0) is 14.4. The van der Waals surface area contributed by atoms with E-state index in [4.69, 9.17) is 0 Å². The maximum absolute atomic E-state index is 13.5. The summed E-state index contributed by atoms with van der Waals surface area (Å²) in [5, 5.41) is 5.88. The Labute approximate surface area is 109 Å². The summed E-state index contributed by atoms with van der Waals surface area (Å²) in [4.78, 5) is 22.2. The number of quaternary nitrogens is 1. The first kappa shape index (κ1) is 15.0. The molecule has 0 aliphatic carbocycles. The molecule has 0 saturated heterocycles. The summed E-state index contributed by atoms with van der Waals surface area (Å²) < 4.78 is 26.2. The van der Waals surface area contributed by atoms with Gasteiger partial charge in [-0.2, -0.15) is 0 Å². The van der Waals surface area contributed by atoms with Crippen LogP contribution >= 0.6 is 0 Å². The van der Waals surface area contributed by atoms with Gasteiger partial charge in [-0.3, -0.25) is 10.1 Å². The normalized spacial score (nSPS) is 11.8. The fraction of sp³-hybridized carbons (Fsp3) is 0.333. The second-order valence-corrected chi connectivity index (χ2v) is 4.02. The van der Waals surface area contributed by atoms with Crippen molar-refractivity contribution in [2.24, 2.45) is 0 Å². The molecule has 5 nitrogen and oxygen atoms in total. The third-order valence-corrected chi connectivity index (χ3v) is 2.59. The van der Waals surface area contributed by atoms with Crippen molar-refractivity contribution >= 4 is 11.9 Å². The van der Waals surface area contributed by atoms with Crippen LogP contribution in [0.2, 0.25) is 0 Å². The van der Waals surface area contributed by atoms with Gasteiger partial charge in [-0.05, 0) is 19.1 Å². The maximum Gasteiger partial charge on any atom is 0.321 e. The average molecular weight is 272 g/mol. The number of nitrogens with two attached hydrogens (primary N) is 1. The summed E-state index contributed by atoms with van der Waals surface area (Å²) in [6, 6.07) is 2.33. The van der Waals surface area contributed by atoms with Crippen molar-refractivity contribution in [2.75, 3.05) is 13.6 Å². The number of urea groups is 1. The topological polar surface area (TPSA) is 74.8 Å². The van der Waals surface area contributed by atoms with Crippen LogP contribution in [0.1, 0.15) is 18.5 Å². The van der Waals surface area contributed by atoms with E-state index in [1.165, 1.54) is 13.1 Å². The Morgan fingerprint density at radius 2 is 2.05 bits per heavy atom. The van der Waals surface area contributed by atoms with Crippen molar-refractivity contribution in [1.82, 2.24) is 10.6 Å². The van der Waals surface area contributed by atoms with Crippen molar-refractivity contribution in [3.8, 4) is 0 Å². The molecule has 0 aromatic heterocycles. The van der Waals surface area contributed by atoms with Crippen LogP contribution in [0.5, 0.6) is 0 Å². The van der Waals surface area contributed by atoms with E-state index >= 15 is 0 Å². The minimum Gasteiger partial charge on any atom is -0.341 e. The maximum atomic E-state index is 13.5. The summed E-state index contributed by atoms with van der Waals surface area (Å²) in [5.41, 5.74) is 0.300. The lowest BCUT2D eigenvalue weighted by Crippen LogP contribution is -2.87. The molecule has 1 atom stereocenters. The minimum atomic E-state index is -0.657. The van der Waals surface area contributed by atoms with Crippen LogP contribution in [0.15, 0.2) is 18.2 Å². The summed E-state index contributed by atoms with van der Waals surface area (Å²) in [7, 11) is 1.39. The van der Waals surface area contributed by atoms with Gasteiger partial charge >= 0.3 is 6.03 Å². The van der Waals surface area contributed by atoms with Crippen LogP contribution in [0, 0.1) is 11.6 Å². The second kappa shape index (κ2) is 6.79. The van der Waals surface area contributed by atoms with E-state index in [9.17, 15) is 18.4 Å². The van der Waals surface area contributed by atoms with Gasteiger partial charge in [0.05, 0.1) is 0 Å². The number of halogens is 2. The van der Waals surface area contributed by atoms with Crippen molar-refractivity contribution in [3.63, 3.8) is 0 Å². The van der Waals surface area contributed by atoms with Gasteiger partial charge in [0.2, 0.25) is 0 Å². The molecule has 0 heterocycles. The average Bonchev–Trinajstić information content (AvgIpc) is 2.35. The fourth-order valence-electron chi connectivity index (χ4n) is 1.52. The molecule has 3 amide bonds. The lowest BCUT2D eigenvalue weighted by Gasteiger charge is -2.11. The van der Waals surface area contributed by atoms with E-state index in [2.05, 4.69) is 10.6 Å². The molecule has 0 bridgehead atoms. The van der Waals surface area contributed by atoms with E-state index < -0.39 is 23.6 Å². The molecule has 0 fully saturated rings. The molecule has 0 radical (unpaired) electrons. The number of carbonyl (C=O) groups is 2. The minimum absolute atomic E-state index is 0.0363. The van der Waals surface area contributed by atoms with Gasteiger partial charge in [0.1, 0.15) is 17.7 Å². The Bertz CT molecular complexity index is 480. The number of hydrogen-bond acceptors (Lipinski definition) is 2. The fourth-order valence-corrected chi connectivity index (χ4v) is 1.52. The number of nitrogens with one attached hydrogen (secondary N) is 2. The monoisotopic (exact) mass is 272 g/mol. The highest BCUT2D eigenvalue weighted by Crippen LogP contribution is 2.14. The number of carbonyl (C=O) groups excluding carboxylic acids is 2. The number of rotatable bonds is 4. The Hall–Kier alpha value is -2.02. The predicted molar refractivity (Wildman–Crippen MR) is 64.2 cm³/mol. The molecule has 0 aliphatic rings. The lowest BCUT2D eigenvalue weighted by atomic mass is 10.1. The zero-order valence-corrected chi connectivity index (χ0v) is 10.7. The predicted octanol–water partition coefficient (Wildman–Crippen LogP) is 0.0448. The van der Waals surface area contributed by atoms with Gasteiger partial charge < -0.3 is 10.6 Å². The molecular weight excluding hydrogens is 256 g/mol. The number of hydrogen-bond donors (Lipinski definition) is 3. The first-order chi connectivity index (χ1) is 8.93. The number of imide groups is 1. The van der Waals surface area contributed by atoms with E-state index in [0.717, 1.165) is 12.1 Å². The largest absolute Gasteiger partial charge is 0.341 e. The Kier molecular flexibility index (Phi) is 5.37. The van der Waals surface area contributed by atoms with E-state index in [1.807, 2.05) is 0 Å². The van der Waals surface area contributed by atoms with Gasteiger partial charge in [0.15, 0.2) is 6.54 Å². The van der Waals surface area contributed by atoms with Gasteiger partial charge in [-0.1, -0.05) is 0 Å². The number of amides is 3. The lowest BCUT2D eigenvalue weighted by molar-refractivity contribution is -0.682. The van der Waals surface area contributed by atoms with Crippen molar-refractivity contribution in [1.29, 1.82) is 0 Å². The molecule has 1 aromatic rings. The quantitative estimate of drug-likeness (QED) is 0.724. The molecular formula is C12H16F2N3O2+. The van der Waals surface area contributed by atoms with Gasteiger partial charge in [0.25, 0.3) is 5.91 Å². The Morgan fingerprint density at radius 3 is 2.63 bits per heavy atom.